The third-order valence-corrected chi connectivity index (χ3v) is 5.69. The quantitative estimate of drug-likeness (QED) is 0.361. The van der Waals surface area contributed by atoms with Crippen LogP contribution in [0.3, 0.4) is 0 Å². The number of hydrogen-bond acceptors (Lipinski definition) is 2. The Morgan fingerprint density at radius 2 is 1.33 bits per heavy atom. The van der Waals surface area contributed by atoms with E-state index in [1.807, 2.05) is 0 Å². The molecule has 0 aliphatic carbocycles. The normalized spacial score (nSPS) is 11.4. The average Bonchev–Trinajstić information content (AvgIpc) is 2.77. The summed E-state index contributed by atoms with van der Waals surface area (Å²) in [5.41, 5.74) is 7.25. The van der Waals surface area contributed by atoms with Crippen molar-refractivity contribution in [2.75, 3.05) is 5.32 Å². The first-order valence-electron chi connectivity index (χ1n) is 10.9. The van der Waals surface area contributed by atoms with Crippen LogP contribution in [0.15, 0.2) is 78.9 Å². The Kier molecular flexibility index (Phi) is 5.85. The highest BCUT2D eigenvalue weighted by Crippen LogP contribution is 2.33. The Bertz CT molecular complexity index is 1130. The van der Waals surface area contributed by atoms with Crippen molar-refractivity contribution in [2.24, 2.45) is 0 Å². The number of rotatable bonds is 6. The standard InChI is InChI=1S/C28H30N2/c1-19(2)23-14-9-15-24(20(3)4)28(23)29-18-22-12-8-17-27(30-22)26-16-7-11-21-10-5-6-13-25(21)26/h5-17,19-20,29H,18H2,1-4H3. The fourth-order valence-electron chi connectivity index (χ4n) is 4.11. The maximum atomic E-state index is 4.99. The van der Waals surface area contributed by atoms with Crippen molar-refractivity contribution >= 4 is 16.5 Å². The van der Waals surface area contributed by atoms with Gasteiger partial charge >= 0.3 is 0 Å². The molecule has 0 aliphatic heterocycles. The lowest BCUT2D eigenvalue weighted by Crippen LogP contribution is -2.09. The minimum absolute atomic E-state index is 0.473. The predicted octanol–water partition coefficient (Wildman–Crippen LogP) is 7.76. The van der Waals surface area contributed by atoms with Crippen LogP contribution < -0.4 is 5.32 Å². The lowest BCUT2D eigenvalue weighted by atomic mass is 9.92. The number of benzene rings is 3. The molecular weight excluding hydrogens is 364 g/mol. The number of para-hydroxylation sites is 1. The number of aromatic nitrogens is 1. The van der Waals surface area contributed by atoms with E-state index < -0.39 is 0 Å². The smallest absolute Gasteiger partial charge is 0.0712 e. The number of fused-ring (bicyclic) bond motifs is 1. The minimum atomic E-state index is 0.473. The van der Waals surface area contributed by atoms with E-state index in [9.17, 15) is 0 Å². The summed E-state index contributed by atoms with van der Waals surface area (Å²) in [6.07, 6.45) is 0. The van der Waals surface area contributed by atoms with Crippen LogP contribution in [-0.4, -0.2) is 4.98 Å². The number of nitrogens with zero attached hydrogens (tertiary/aromatic N) is 1. The largest absolute Gasteiger partial charge is 0.379 e. The summed E-state index contributed by atoms with van der Waals surface area (Å²) in [6.45, 7) is 9.73. The Labute approximate surface area is 180 Å². The van der Waals surface area contributed by atoms with E-state index in [-0.39, 0.29) is 0 Å². The number of anilines is 1. The summed E-state index contributed by atoms with van der Waals surface area (Å²) in [4.78, 5) is 4.99. The van der Waals surface area contributed by atoms with Crippen LogP contribution in [0.5, 0.6) is 0 Å². The Morgan fingerprint density at radius 3 is 2.07 bits per heavy atom. The van der Waals surface area contributed by atoms with Gasteiger partial charge < -0.3 is 5.32 Å². The molecule has 1 heterocycles. The summed E-state index contributed by atoms with van der Waals surface area (Å²) in [7, 11) is 0. The molecule has 0 unspecified atom stereocenters. The van der Waals surface area contributed by atoms with Gasteiger partial charge in [0.25, 0.3) is 0 Å². The monoisotopic (exact) mass is 394 g/mol. The van der Waals surface area contributed by atoms with Crippen LogP contribution in [0.4, 0.5) is 5.69 Å². The summed E-state index contributed by atoms with van der Waals surface area (Å²) >= 11 is 0. The molecule has 0 saturated carbocycles. The molecule has 3 aromatic carbocycles. The maximum absolute atomic E-state index is 4.99. The van der Waals surface area contributed by atoms with Crippen LogP contribution in [0.2, 0.25) is 0 Å². The van der Waals surface area contributed by atoms with Gasteiger partial charge in [-0.25, -0.2) is 0 Å². The fraction of sp³-hybridized carbons (Fsp3) is 0.250. The van der Waals surface area contributed by atoms with Gasteiger partial charge in [0.15, 0.2) is 0 Å². The molecule has 0 aliphatic rings. The van der Waals surface area contributed by atoms with Gasteiger partial charge in [-0.2, -0.15) is 0 Å². The molecule has 4 rings (SSSR count). The molecule has 0 bridgehead atoms. The van der Waals surface area contributed by atoms with E-state index in [2.05, 4.69) is 112 Å². The van der Waals surface area contributed by atoms with Crippen molar-refractivity contribution in [3.05, 3.63) is 95.7 Å². The van der Waals surface area contributed by atoms with Crippen LogP contribution >= 0.6 is 0 Å². The second-order valence-corrected chi connectivity index (χ2v) is 8.52. The molecule has 2 heteroatoms. The highest BCUT2D eigenvalue weighted by atomic mass is 14.9. The topological polar surface area (TPSA) is 24.9 Å². The molecule has 0 saturated heterocycles. The molecule has 152 valence electrons. The summed E-state index contributed by atoms with van der Waals surface area (Å²) in [6, 6.07) is 27.9. The van der Waals surface area contributed by atoms with Gasteiger partial charge in [-0.15, -0.1) is 0 Å². The van der Waals surface area contributed by atoms with Gasteiger partial charge in [0.1, 0.15) is 0 Å². The van der Waals surface area contributed by atoms with Crippen LogP contribution in [0.1, 0.15) is 56.4 Å². The maximum Gasteiger partial charge on any atom is 0.0712 e. The average molecular weight is 395 g/mol. The molecule has 0 fully saturated rings. The molecule has 4 aromatic rings. The molecule has 1 aromatic heterocycles. The first-order chi connectivity index (χ1) is 14.5. The van der Waals surface area contributed by atoms with E-state index in [0.29, 0.717) is 18.4 Å². The zero-order chi connectivity index (χ0) is 21.1. The van der Waals surface area contributed by atoms with Crippen LogP contribution in [0, 0.1) is 0 Å². The molecular formula is C28H30N2. The minimum Gasteiger partial charge on any atom is -0.379 e. The lowest BCUT2D eigenvalue weighted by Gasteiger charge is -2.21. The highest BCUT2D eigenvalue weighted by molar-refractivity contribution is 5.95. The van der Waals surface area contributed by atoms with Crippen LogP contribution in [-0.2, 0) is 6.54 Å². The van der Waals surface area contributed by atoms with Crippen molar-refractivity contribution in [3.63, 3.8) is 0 Å². The third kappa shape index (κ3) is 4.09. The van der Waals surface area contributed by atoms with Gasteiger partial charge in [-0.05, 0) is 45.9 Å². The van der Waals surface area contributed by atoms with Gasteiger partial charge in [-0.3, -0.25) is 4.98 Å². The number of pyridine rings is 1. The number of hydrogen-bond donors (Lipinski definition) is 1. The molecule has 1 N–H and O–H groups in total. The summed E-state index contributed by atoms with van der Waals surface area (Å²) < 4.78 is 0. The van der Waals surface area contributed by atoms with Crippen LogP contribution in [0.25, 0.3) is 22.0 Å². The van der Waals surface area contributed by atoms with E-state index in [1.54, 1.807) is 0 Å². The fourth-order valence-corrected chi connectivity index (χ4v) is 4.11. The zero-order valence-corrected chi connectivity index (χ0v) is 18.3. The Balaban J connectivity index is 1.66. The highest BCUT2D eigenvalue weighted by Gasteiger charge is 2.14. The summed E-state index contributed by atoms with van der Waals surface area (Å²) in [5.74, 6) is 0.947. The zero-order valence-electron chi connectivity index (χ0n) is 18.3. The van der Waals surface area contributed by atoms with Crippen molar-refractivity contribution in [1.82, 2.24) is 4.98 Å². The Morgan fingerprint density at radius 1 is 0.700 bits per heavy atom. The van der Waals surface area contributed by atoms with Crippen molar-refractivity contribution in [3.8, 4) is 11.3 Å². The number of nitrogens with one attached hydrogen (secondary N) is 1. The van der Waals surface area contributed by atoms with E-state index in [4.69, 9.17) is 4.98 Å². The lowest BCUT2D eigenvalue weighted by molar-refractivity contribution is 0.831. The first kappa shape index (κ1) is 20.2. The van der Waals surface area contributed by atoms with E-state index >= 15 is 0 Å². The molecule has 2 nitrogen and oxygen atoms in total. The van der Waals surface area contributed by atoms with E-state index in [1.165, 1.54) is 33.2 Å². The molecule has 0 spiro atoms. The second kappa shape index (κ2) is 8.71. The van der Waals surface area contributed by atoms with E-state index in [0.717, 1.165) is 11.4 Å². The SMILES string of the molecule is CC(C)c1cccc(C(C)C)c1NCc1cccc(-c2cccc3ccccc23)n1. The third-order valence-electron chi connectivity index (χ3n) is 5.69. The molecule has 0 atom stereocenters. The van der Waals surface area contributed by atoms with Crippen molar-refractivity contribution < 1.29 is 0 Å². The van der Waals surface area contributed by atoms with Crippen molar-refractivity contribution in [1.29, 1.82) is 0 Å². The Hall–Kier alpha value is -3.13. The van der Waals surface area contributed by atoms with Gasteiger partial charge in [0.05, 0.1) is 17.9 Å². The second-order valence-electron chi connectivity index (χ2n) is 8.52. The molecule has 0 radical (unpaired) electrons. The first-order valence-corrected chi connectivity index (χ1v) is 10.9. The van der Waals surface area contributed by atoms with Gasteiger partial charge in [0, 0.05) is 11.3 Å². The van der Waals surface area contributed by atoms with Gasteiger partial charge in [-0.1, -0.05) is 94.4 Å². The summed E-state index contributed by atoms with van der Waals surface area (Å²) in [5, 5.41) is 6.20. The molecule has 30 heavy (non-hydrogen) atoms. The molecule has 0 amide bonds. The predicted molar refractivity (Wildman–Crippen MR) is 129 cm³/mol. The van der Waals surface area contributed by atoms with Crippen molar-refractivity contribution in [2.45, 2.75) is 46.1 Å². The van der Waals surface area contributed by atoms with Gasteiger partial charge in [0.2, 0.25) is 0 Å².